The molecule has 1 aromatic heterocycles. The van der Waals surface area contributed by atoms with E-state index in [9.17, 15) is 4.39 Å². The van der Waals surface area contributed by atoms with Crippen LogP contribution in [0.25, 0.3) is 0 Å². The number of piperazine rings is 1. The number of anilines is 1. The van der Waals surface area contributed by atoms with Crippen LogP contribution < -0.4 is 4.90 Å². The molecule has 0 radical (unpaired) electrons. The van der Waals surface area contributed by atoms with E-state index in [1.165, 1.54) is 6.07 Å². The van der Waals surface area contributed by atoms with E-state index in [-0.39, 0.29) is 11.9 Å². The zero-order valence-electron chi connectivity index (χ0n) is 14.1. The third-order valence-electron chi connectivity index (χ3n) is 4.50. The molecule has 0 N–H and O–H groups in total. The summed E-state index contributed by atoms with van der Waals surface area (Å²) in [6, 6.07) is 7.04. The third kappa shape index (κ3) is 3.54. The molecule has 2 heterocycles. The Bertz CT molecular complexity index is 656. The molecule has 3 rings (SSSR count). The number of ether oxygens (including phenoxy) is 1. The minimum absolute atomic E-state index is 0.111. The van der Waals surface area contributed by atoms with Crippen molar-refractivity contribution in [2.75, 3.05) is 44.8 Å². The number of rotatable bonds is 6. The number of aromatic nitrogens is 4. The molecule has 0 amide bonds. The normalized spacial score (nSPS) is 17.2. The van der Waals surface area contributed by atoms with Gasteiger partial charge in [-0.1, -0.05) is 12.1 Å². The lowest BCUT2D eigenvalue weighted by atomic mass is 10.2. The number of hydrogen-bond acceptors (Lipinski definition) is 6. The number of para-hydroxylation sites is 1. The fourth-order valence-corrected chi connectivity index (χ4v) is 3.07. The Morgan fingerprint density at radius 3 is 2.67 bits per heavy atom. The van der Waals surface area contributed by atoms with Crippen molar-refractivity contribution in [2.45, 2.75) is 19.5 Å². The summed E-state index contributed by atoms with van der Waals surface area (Å²) in [5.41, 5.74) is 0.676. The monoisotopic (exact) mass is 334 g/mol. The van der Waals surface area contributed by atoms with Crippen LogP contribution >= 0.6 is 0 Å². The van der Waals surface area contributed by atoms with Gasteiger partial charge in [-0.15, -0.1) is 5.10 Å². The van der Waals surface area contributed by atoms with Gasteiger partial charge in [0.2, 0.25) is 0 Å². The largest absolute Gasteiger partial charge is 0.383 e. The van der Waals surface area contributed by atoms with E-state index >= 15 is 0 Å². The number of methoxy groups -OCH3 is 1. The molecule has 1 aliphatic heterocycles. The molecule has 130 valence electrons. The Morgan fingerprint density at radius 1 is 1.21 bits per heavy atom. The van der Waals surface area contributed by atoms with Crippen LogP contribution in [0.4, 0.5) is 10.1 Å². The summed E-state index contributed by atoms with van der Waals surface area (Å²) >= 11 is 0. The fraction of sp³-hybridized carbons (Fsp3) is 0.562. The maximum Gasteiger partial charge on any atom is 0.168 e. The molecule has 7 nitrogen and oxygen atoms in total. The molecule has 1 aliphatic rings. The molecule has 8 heteroatoms. The van der Waals surface area contributed by atoms with Crippen LogP contribution in [-0.4, -0.2) is 65.0 Å². The highest BCUT2D eigenvalue weighted by Crippen LogP contribution is 2.24. The van der Waals surface area contributed by atoms with Gasteiger partial charge in [0, 0.05) is 33.3 Å². The van der Waals surface area contributed by atoms with Crippen molar-refractivity contribution in [3.8, 4) is 0 Å². The van der Waals surface area contributed by atoms with Gasteiger partial charge in [0.05, 0.1) is 24.9 Å². The van der Waals surface area contributed by atoms with Gasteiger partial charge in [0.25, 0.3) is 0 Å². The zero-order chi connectivity index (χ0) is 16.9. The summed E-state index contributed by atoms with van der Waals surface area (Å²) in [5, 5.41) is 12.0. The van der Waals surface area contributed by atoms with Crippen molar-refractivity contribution in [1.29, 1.82) is 0 Å². The summed E-state index contributed by atoms with van der Waals surface area (Å²) in [7, 11) is 1.66. The highest BCUT2D eigenvalue weighted by atomic mass is 19.1. The smallest absolute Gasteiger partial charge is 0.168 e. The first-order chi connectivity index (χ1) is 11.7. The molecular formula is C16H23FN6O. The Labute approximate surface area is 141 Å². The lowest BCUT2D eigenvalue weighted by Crippen LogP contribution is -2.47. The molecule has 1 unspecified atom stereocenters. The van der Waals surface area contributed by atoms with Crippen molar-refractivity contribution in [3.63, 3.8) is 0 Å². The molecule has 0 aliphatic carbocycles. The second kappa shape index (κ2) is 7.67. The van der Waals surface area contributed by atoms with E-state index in [1.807, 2.05) is 12.1 Å². The number of hydrogen-bond donors (Lipinski definition) is 0. The van der Waals surface area contributed by atoms with Gasteiger partial charge < -0.3 is 9.64 Å². The van der Waals surface area contributed by atoms with Crippen LogP contribution in [0.15, 0.2) is 24.3 Å². The van der Waals surface area contributed by atoms with E-state index in [0.717, 1.165) is 32.0 Å². The van der Waals surface area contributed by atoms with Gasteiger partial charge in [0.1, 0.15) is 5.82 Å². The minimum Gasteiger partial charge on any atom is -0.383 e. The van der Waals surface area contributed by atoms with Gasteiger partial charge in [0.15, 0.2) is 5.82 Å². The van der Waals surface area contributed by atoms with E-state index in [1.54, 1.807) is 17.9 Å². The number of halogens is 1. The first-order valence-corrected chi connectivity index (χ1v) is 8.19. The Balaban J connectivity index is 1.62. The Hall–Kier alpha value is -2.06. The predicted octanol–water partition coefficient (Wildman–Crippen LogP) is 1.34. The Kier molecular flexibility index (Phi) is 5.37. The van der Waals surface area contributed by atoms with E-state index < -0.39 is 0 Å². The lowest BCUT2D eigenvalue weighted by molar-refractivity contribution is 0.166. The zero-order valence-corrected chi connectivity index (χ0v) is 14.1. The summed E-state index contributed by atoms with van der Waals surface area (Å²) < 4.78 is 20.8. The molecule has 24 heavy (non-hydrogen) atoms. The van der Waals surface area contributed by atoms with Gasteiger partial charge in [-0.2, -0.15) is 0 Å². The predicted molar refractivity (Wildman–Crippen MR) is 88.3 cm³/mol. The van der Waals surface area contributed by atoms with Crippen molar-refractivity contribution in [3.05, 3.63) is 35.9 Å². The average Bonchev–Trinajstić information content (AvgIpc) is 3.08. The van der Waals surface area contributed by atoms with Gasteiger partial charge in [-0.25, -0.2) is 9.07 Å². The second-order valence-electron chi connectivity index (χ2n) is 5.90. The van der Waals surface area contributed by atoms with Gasteiger partial charge in [-0.05, 0) is 29.5 Å². The lowest BCUT2D eigenvalue weighted by Gasteiger charge is -2.38. The van der Waals surface area contributed by atoms with Crippen molar-refractivity contribution in [2.24, 2.45) is 0 Å². The highest BCUT2D eigenvalue weighted by molar-refractivity contribution is 5.48. The molecule has 0 spiro atoms. The number of benzene rings is 1. The standard InChI is InChI=1S/C16H23FN6O/c1-13(16-18-19-20-23(16)11-12-24-2)21-7-9-22(10-8-21)15-6-4-3-5-14(15)17/h3-6,13H,7-12H2,1-2H3. The third-order valence-corrected chi connectivity index (χ3v) is 4.50. The van der Waals surface area contributed by atoms with Crippen LogP contribution in [0.3, 0.4) is 0 Å². The van der Waals surface area contributed by atoms with E-state index in [4.69, 9.17) is 4.74 Å². The van der Waals surface area contributed by atoms with Gasteiger partial charge >= 0.3 is 0 Å². The molecule has 1 saturated heterocycles. The highest BCUT2D eigenvalue weighted by Gasteiger charge is 2.26. The Morgan fingerprint density at radius 2 is 1.96 bits per heavy atom. The molecule has 1 atom stereocenters. The molecule has 0 bridgehead atoms. The van der Waals surface area contributed by atoms with Crippen molar-refractivity contribution >= 4 is 5.69 Å². The first kappa shape index (κ1) is 16.8. The van der Waals surface area contributed by atoms with E-state index in [2.05, 4.69) is 32.2 Å². The topological polar surface area (TPSA) is 59.3 Å². The van der Waals surface area contributed by atoms with Crippen molar-refractivity contribution < 1.29 is 9.13 Å². The van der Waals surface area contributed by atoms with Gasteiger partial charge in [-0.3, -0.25) is 4.90 Å². The van der Waals surface area contributed by atoms with Crippen molar-refractivity contribution in [1.82, 2.24) is 25.1 Å². The molecule has 1 aromatic carbocycles. The maximum absolute atomic E-state index is 13.9. The maximum atomic E-state index is 13.9. The van der Waals surface area contributed by atoms with Crippen LogP contribution in [0.2, 0.25) is 0 Å². The fourth-order valence-electron chi connectivity index (χ4n) is 3.07. The van der Waals surface area contributed by atoms with Crippen LogP contribution in [0.5, 0.6) is 0 Å². The second-order valence-corrected chi connectivity index (χ2v) is 5.90. The summed E-state index contributed by atoms with van der Waals surface area (Å²) in [5.74, 6) is 0.675. The molecular weight excluding hydrogens is 311 g/mol. The average molecular weight is 334 g/mol. The van der Waals surface area contributed by atoms with Crippen LogP contribution in [-0.2, 0) is 11.3 Å². The quantitative estimate of drug-likeness (QED) is 0.795. The summed E-state index contributed by atoms with van der Waals surface area (Å²) in [6.45, 7) is 6.56. The molecule has 2 aromatic rings. The van der Waals surface area contributed by atoms with Crippen LogP contribution in [0.1, 0.15) is 18.8 Å². The number of nitrogens with zero attached hydrogens (tertiary/aromatic N) is 6. The first-order valence-electron chi connectivity index (χ1n) is 8.19. The minimum atomic E-state index is -0.164. The molecule has 1 fully saturated rings. The SMILES string of the molecule is COCCn1nnnc1C(C)N1CCN(c2ccccc2F)CC1. The summed E-state index contributed by atoms with van der Waals surface area (Å²) in [4.78, 5) is 4.42. The number of tetrazole rings is 1. The summed E-state index contributed by atoms with van der Waals surface area (Å²) in [6.07, 6.45) is 0. The molecule has 0 saturated carbocycles. The van der Waals surface area contributed by atoms with E-state index in [0.29, 0.717) is 18.8 Å². The van der Waals surface area contributed by atoms with Crippen LogP contribution in [0, 0.1) is 5.82 Å².